The smallest absolute Gasteiger partial charge is 0.0850 e. The lowest BCUT2D eigenvalue weighted by molar-refractivity contribution is -0.00552. The number of hydrogen-bond donors (Lipinski definition) is 2. The van der Waals surface area contributed by atoms with E-state index in [0.717, 1.165) is 42.2 Å². The molecule has 0 saturated heterocycles. The zero-order valence-corrected chi connectivity index (χ0v) is 14.4. The summed E-state index contributed by atoms with van der Waals surface area (Å²) in [4.78, 5) is 0. The van der Waals surface area contributed by atoms with Crippen molar-refractivity contribution >= 4 is 11.6 Å². The summed E-state index contributed by atoms with van der Waals surface area (Å²) in [6.07, 6.45) is 3.04. The molecule has 2 atom stereocenters. The molecule has 0 bridgehead atoms. The van der Waals surface area contributed by atoms with E-state index in [-0.39, 0.29) is 10.8 Å². The van der Waals surface area contributed by atoms with Gasteiger partial charge >= 0.3 is 0 Å². The van der Waals surface area contributed by atoms with Crippen LogP contribution in [0.1, 0.15) is 51.9 Å². The summed E-state index contributed by atoms with van der Waals surface area (Å²) in [7, 11) is 0. The highest BCUT2D eigenvalue weighted by Crippen LogP contribution is 2.51. The van der Waals surface area contributed by atoms with E-state index in [1.165, 1.54) is 0 Å². The van der Waals surface area contributed by atoms with Crippen molar-refractivity contribution in [2.75, 3.05) is 6.54 Å². The summed E-state index contributed by atoms with van der Waals surface area (Å²) >= 11 is 6.52. The van der Waals surface area contributed by atoms with Crippen LogP contribution in [-0.4, -0.2) is 27.5 Å². The summed E-state index contributed by atoms with van der Waals surface area (Å²) in [5.41, 5.74) is 7.67. The number of aliphatic hydroxyl groups excluding tert-OH is 1. The zero-order chi connectivity index (χ0) is 15.8. The van der Waals surface area contributed by atoms with E-state index in [2.05, 4.69) is 32.8 Å². The Bertz CT molecular complexity index is 512. The predicted octanol–water partition coefficient (Wildman–Crippen LogP) is 2.79. The molecule has 0 spiro atoms. The van der Waals surface area contributed by atoms with Gasteiger partial charge in [-0.2, -0.15) is 5.10 Å². The molecule has 1 aliphatic rings. The third-order valence-electron chi connectivity index (χ3n) is 5.21. The number of hydrogen-bond acceptors (Lipinski definition) is 3. The lowest BCUT2D eigenvalue weighted by atomic mass is 9.75. The molecule has 2 rings (SSSR count). The molecule has 1 fully saturated rings. The normalized spacial score (nSPS) is 28.2. The summed E-state index contributed by atoms with van der Waals surface area (Å²) in [5.74, 6) is 0. The third kappa shape index (κ3) is 2.73. The average Bonchev–Trinajstić information content (AvgIpc) is 2.89. The van der Waals surface area contributed by atoms with E-state index in [1.54, 1.807) is 0 Å². The molecule has 2 unspecified atom stereocenters. The van der Waals surface area contributed by atoms with E-state index in [4.69, 9.17) is 17.3 Å². The molecule has 1 saturated carbocycles. The van der Waals surface area contributed by atoms with Crippen LogP contribution in [0.5, 0.6) is 0 Å². The van der Waals surface area contributed by atoms with Gasteiger partial charge in [0, 0.05) is 24.9 Å². The topological polar surface area (TPSA) is 64.1 Å². The van der Waals surface area contributed by atoms with Gasteiger partial charge in [-0.3, -0.25) is 4.68 Å². The van der Waals surface area contributed by atoms with Crippen molar-refractivity contribution in [2.24, 2.45) is 16.6 Å². The van der Waals surface area contributed by atoms with Crippen molar-refractivity contribution in [3.05, 3.63) is 16.4 Å². The van der Waals surface area contributed by atoms with Crippen molar-refractivity contribution < 1.29 is 5.11 Å². The molecule has 1 heterocycles. The summed E-state index contributed by atoms with van der Waals surface area (Å²) in [6.45, 7) is 9.62. The average molecular weight is 314 g/mol. The van der Waals surface area contributed by atoms with Crippen LogP contribution in [0.15, 0.2) is 0 Å². The molecule has 0 radical (unpaired) electrons. The van der Waals surface area contributed by atoms with Gasteiger partial charge in [-0.1, -0.05) is 32.4 Å². The van der Waals surface area contributed by atoms with Crippen molar-refractivity contribution in [3.8, 4) is 0 Å². The molecule has 120 valence electrons. The van der Waals surface area contributed by atoms with Crippen molar-refractivity contribution in [2.45, 2.75) is 66.0 Å². The lowest BCUT2D eigenvalue weighted by Crippen LogP contribution is -2.44. The first-order valence-corrected chi connectivity index (χ1v) is 8.31. The van der Waals surface area contributed by atoms with Crippen LogP contribution in [0.4, 0.5) is 0 Å². The predicted molar refractivity (Wildman–Crippen MR) is 86.5 cm³/mol. The largest absolute Gasteiger partial charge is 0.392 e. The van der Waals surface area contributed by atoms with Gasteiger partial charge in [-0.15, -0.1) is 0 Å². The number of halogens is 1. The van der Waals surface area contributed by atoms with Crippen LogP contribution in [0.2, 0.25) is 5.02 Å². The molecule has 5 heteroatoms. The van der Waals surface area contributed by atoms with Gasteiger partial charge in [0.15, 0.2) is 0 Å². The molecule has 1 aromatic rings. The fourth-order valence-electron chi connectivity index (χ4n) is 3.66. The van der Waals surface area contributed by atoms with Crippen molar-refractivity contribution in [3.63, 3.8) is 0 Å². The van der Waals surface area contributed by atoms with Crippen LogP contribution in [0.3, 0.4) is 0 Å². The second kappa shape index (κ2) is 5.90. The first-order valence-electron chi connectivity index (χ1n) is 7.93. The Kier molecular flexibility index (Phi) is 4.72. The van der Waals surface area contributed by atoms with Gasteiger partial charge in [0.1, 0.15) is 0 Å². The summed E-state index contributed by atoms with van der Waals surface area (Å²) in [5, 5.41) is 16.1. The van der Waals surface area contributed by atoms with E-state index in [9.17, 15) is 5.11 Å². The number of nitrogens with two attached hydrogens (primary N) is 1. The Hall–Kier alpha value is -0.580. The maximum atomic E-state index is 10.8. The maximum Gasteiger partial charge on any atom is 0.0850 e. The van der Waals surface area contributed by atoms with Gasteiger partial charge in [0.25, 0.3) is 0 Å². The lowest BCUT2D eigenvalue weighted by Gasteiger charge is -2.36. The quantitative estimate of drug-likeness (QED) is 0.878. The second-order valence-corrected chi connectivity index (χ2v) is 7.39. The minimum absolute atomic E-state index is 0.0868. The van der Waals surface area contributed by atoms with Crippen molar-refractivity contribution in [1.82, 2.24) is 9.78 Å². The fourth-order valence-corrected chi connectivity index (χ4v) is 4.00. The molecule has 3 N–H and O–H groups in total. The molecule has 0 aliphatic heterocycles. The SMILES string of the molecule is CCc1nn(CC)c(CC2(CN)CCC(C)(C)C2O)c1Cl. The van der Waals surface area contributed by atoms with Gasteiger partial charge in [-0.25, -0.2) is 0 Å². The standard InChI is InChI=1S/C16H28ClN3O/c1-5-11-13(17)12(20(6-2)19-11)9-16(10-18)8-7-15(3,4)14(16)21/h14,21H,5-10,18H2,1-4H3. The molecule has 1 aromatic heterocycles. The number of aromatic nitrogens is 2. The Labute approximate surface area is 132 Å². The molecule has 21 heavy (non-hydrogen) atoms. The summed E-state index contributed by atoms with van der Waals surface area (Å²) < 4.78 is 1.97. The maximum absolute atomic E-state index is 10.8. The number of rotatable bonds is 5. The van der Waals surface area contributed by atoms with E-state index in [1.807, 2.05) is 4.68 Å². The van der Waals surface area contributed by atoms with Gasteiger partial charge < -0.3 is 10.8 Å². The molecule has 1 aliphatic carbocycles. The first-order chi connectivity index (χ1) is 9.81. The third-order valence-corrected chi connectivity index (χ3v) is 5.64. The zero-order valence-electron chi connectivity index (χ0n) is 13.6. The number of aryl methyl sites for hydroxylation is 2. The highest BCUT2D eigenvalue weighted by atomic mass is 35.5. The molecule has 0 amide bonds. The minimum atomic E-state index is -0.406. The Morgan fingerprint density at radius 3 is 2.48 bits per heavy atom. The van der Waals surface area contributed by atoms with Crippen LogP contribution in [-0.2, 0) is 19.4 Å². The van der Waals surface area contributed by atoms with E-state index < -0.39 is 6.10 Å². The molecular formula is C16H28ClN3O. The Balaban J connectivity index is 2.38. The van der Waals surface area contributed by atoms with Crippen LogP contribution < -0.4 is 5.73 Å². The number of nitrogens with zero attached hydrogens (tertiary/aromatic N) is 2. The number of aliphatic hydroxyl groups is 1. The Morgan fingerprint density at radius 1 is 1.38 bits per heavy atom. The van der Waals surface area contributed by atoms with Gasteiger partial charge in [0.2, 0.25) is 0 Å². The van der Waals surface area contributed by atoms with Crippen LogP contribution in [0, 0.1) is 10.8 Å². The molecule has 0 aromatic carbocycles. The highest BCUT2D eigenvalue weighted by Gasteiger charge is 2.51. The fraction of sp³-hybridized carbons (Fsp3) is 0.812. The first kappa shape index (κ1) is 16.8. The van der Waals surface area contributed by atoms with E-state index in [0.29, 0.717) is 13.0 Å². The van der Waals surface area contributed by atoms with Crippen LogP contribution in [0.25, 0.3) is 0 Å². The second-order valence-electron chi connectivity index (χ2n) is 7.01. The molecular weight excluding hydrogens is 286 g/mol. The minimum Gasteiger partial charge on any atom is -0.392 e. The van der Waals surface area contributed by atoms with Crippen LogP contribution >= 0.6 is 11.6 Å². The highest BCUT2D eigenvalue weighted by molar-refractivity contribution is 6.31. The Morgan fingerprint density at radius 2 is 2.05 bits per heavy atom. The van der Waals surface area contributed by atoms with Gasteiger partial charge in [0.05, 0.1) is 22.5 Å². The summed E-state index contributed by atoms with van der Waals surface area (Å²) in [6, 6.07) is 0. The van der Waals surface area contributed by atoms with Crippen molar-refractivity contribution in [1.29, 1.82) is 0 Å². The molecule has 4 nitrogen and oxygen atoms in total. The van der Waals surface area contributed by atoms with E-state index >= 15 is 0 Å². The van der Waals surface area contributed by atoms with Gasteiger partial charge in [-0.05, 0) is 31.6 Å². The monoisotopic (exact) mass is 313 g/mol.